The van der Waals surface area contributed by atoms with Gasteiger partial charge >= 0.3 is 0 Å². The van der Waals surface area contributed by atoms with Crippen LogP contribution >= 0.6 is 11.3 Å². The molecule has 0 aliphatic carbocycles. The van der Waals surface area contributed by atoms with Gasteiger partial charge in [0.25, 0.3) is 5.91 Å². The Morgan fingerprint density at radius 2 is 2.00 bits per heavy atom. The molecule has 0 radical (unpaired) electrons. The zero-order chi connectivity index (χ0) is 18.1. The average Bonchev–Trinajstić information content (AvgIpc) is 3.11. The number of hydrogen-bond acceptors (Lipinski definition) is 5. The first kappa shape index (κ1) is 17.2. The first-order chi connectivity index (χ1) is 12.6. The molecule has 2 bridgehead atoms. The lowest BCUT2D eigenvalue weighted by Crippen LogP contribution is -2.57. The van der Waals surface area contributed by atoms with Crippen molar-refractivity contribution < 1.29 is 14.3 Å². The Labute approximate surface area is 157 Å². The number of carbonyl (C=O) groups is 2. The molecular weight excluding hydrogens is 348 g/mol. The molecule has 5 nitrogen and oxygen atoms in total. The number of amides is 1. The van der Waals surface area contributed by atoms with Crippen LogP contribution in [0.2, 0.25) is 0 Å². The molecule has 2 aromatic rings. The third-order valence-corrected chi connectivity index (χ3v) is 6.20. The minimum Gasteiger partial charge on any atom is -0.447 e. The highest BCUT2D eigenvalue weighted by Crippen LogP contribution is 2.31. The molecule has 3 saturated heterocycles. The van der Waals surface area contributed by atoms with Gasteiger partial charge in [-0.1, -0.05) is 23.5 Å². The van der Waals surface area contributed by atoms with Crippen LogP contribution in [0.1, 0.15) is 39.8 Å². The van der Waals surface area contributed by atoms with E-state index in [-0.39, 0.29) is 17.7 Å². The van der Waals surface area contributed by atoms with Crippen LogP contribution in [0.25, 0.3) is 0 Å². The Bertz CT molecular complexity index is 824. The Hall–Kier alpha value is -2.18. The van der Waals surface area contributed by atoms with Crippen LogP contribution in [-0.2, 0) is 0 Å². The summed E-state index contributed by atoms with van der Waals surface area (Å²) in [6, 6.07) is 10.9. The Kier molecular flexibility index (Phi) is 4.78. The van der Waals surface area contributed by atoms with Crippen molar-refractivity contribution >= 4 is 23.0 Å². The first-order valence-corrected chi connectivity index (χ1v) is 9.82. The second kappa shape index (κ2) is 7.21. The monoisotopic (exact) mass is 370 g/mol. The van der Waals surface area contributed by atoms with Crippen molar-refractivity contribution in [2.45, 2.75) is 25.8 Å². The number of carbonyl (C=O) groups excluding carboxylic acids is 2. The second-order valence-corrected chi connectivity index (χ2v) is 8.07. The molecule has 5 rings (SSSR count). The van der Waals surface area contributed by atoms with Crippen LogP contribution in [0.3, 0.4) is 0 Å². The van der Waals surface area contributed by atoms with Crippen LogP contribution in [0.15, 0.2) is 36.4 Å². The molecule has 26 heavy (non-hydrogen) atoms. The van der Waals surface area contributed by atoms with Crippen molar-refractivity contribution in [3.05, 3.63) is 46.8 Å². The van der Waals surface area contributed by atoms with E-state index in [1.807, 2.05) is 0 Å². The molecule has 4 heterocycles. The highest BCUT2D eigenvalue weighted by molar-refractivity contribution is 7.15. The van der Waals surface area contributed by atoms with Gasteiger partial charge in [0.05, 0.1) is 4.88 Å². The molecule has 1 N–H and O–H groups in total. The van der Waals surface area contributed by atoms with Gasteiger partial charge in [-0.2, -0.15) is 0 Å². The fourth-order valence-electron chi connectivity index (χ4n) is 3.76. The number of thiophene rings is 1. The minimum atomic E-state index is -0.0268. The fraction of sp³-hybridized carbons (Fsp3) is 0.400. The number of ether oxygens (including phenoxy) is 1. The maximum atomic E-state index is 12.6. The normalized spacial score (nSPS) is 24.3. The third-order valence-electron chi connectivity index (χ3n) is 5.24. The standard InChI is InChI=1S/C20H22N2O3S/c1-13(23)15-3-2-4-16(11-15)25-19-6-5-18(26-19)20(24)21-17-12-22-9-7-14(17)8-10-22/h2-6,11,14,17H,7-10,12H2,1H3,(H,21,24). The van der Waals surface area contributed by atoms with E-state index in [1.54, 1.807) is 36.4 Å². The van der Waals surface area contributed by atoms with Crippen LogP contribution in [0.4, 0.5) is 0 Å². The molecule has 6 heteroatoms. The summed E-state index contributed by atoms with van der Waals surface area (Å²) in [6.45, 7) is 4.81. The summed E-state index contributed by atoms with van der Waals surface area (Å²) in [4.78, 5) is 27.1. The number of piperidine rings is 3. The quantitative estimate of drug-likeness (QED) is 0.818. The van der Waals surface area contributed by atoms with Crippen molar-refractivity contribution in [3.63, 3.8) is 0 Å². The zero-order valence-electron chi connectivity index (χ0n) is 14.7. The van der Waals surface area contributed by atoms with E-state index < -0.39 is 0 Å². The van der Waals surface area contributed by atoms with Gasteiger partial charge < -0.3 is 15.0 Å². The zero-order valence-corrected chi connectivity index (χ0v) is 15.6. The molecule has 3 aliphatic rings. The lowest BCUT2D eigenvalue weighted by Gasteiger charge is -2.44. The van der Waals surface area contributed by atoms with Crippen molar-refractivity contribution in [2.75, 3.05) is 19.6 Å². The number of Topliss-reactive ketones (excluding diaryl/α,β-unsaturated/α-hetero) is 1. The van der Waals surface area contributed by atoms with Gasteiger partial charge in [0.2, 0.25) is 0 Å². The molecule has 3 fully saturated rings. The van der Waals surface area contributed by atoms with Gasteiger partial charge in [0.1, 0.15) is 5.75 Å². The molecule has 1 atom stereocenters. The predicted molar refractivity (Wildman–Crippen MR) is 101 cm³/mol. The highest BCUT2D eigenvalue weighted by Gasteiger charge is 2.35. The number of hydrogen-bond donors (Lipinski definition) is 1. The third kappa shape index (κ3) is 3.66. The lowest BCUT2D eigenvalue weighted by molar-refractivity contribution is 0.0622. The first-order valence-electron chi connectivity index (χ1n) is 9.00. The van der Waals surface area contributed by atoms with Gasteiger partial charge in [0.15, 0.2) is 10.8 Å². The van der Waals surface area contributed by atoms with Crippen molar-refractivity contribution in [2.24, 2.45) is 5.92 Å². The van der Waals surface area contributed by atoms with Crippen molar-refractivity contribution in [1.29, 1.82) is 0 Å². The van der Waals surface area contributed by atoms with Crippen molar-refractivity contribution in [1.82, 2.24) is 10.2 Å². The smallest absolute Gasteiger partial charge is 0.261 e. The molecule has 1 unspecified atom stereocenters. The van der Waals surface area contributed by atoms with E-state index in [0.29, 0.717) is 27.2 Å². The predicted octanol–water partition coefficient (Wildman–Crippen LogP) is 3.57. The Morgan fingerprint density at radius 3 is 2.69 bits per heavy atom. The lowest BCUT2D eigenvalue weighted by atomic mass is 9.84. The maximum absolute atomic E-state index is 12.6. The van der Waals surface area contributed by atoms with E-state index >= 15 is 0 Å². The summed E-state index contributed by atoms with van der Waals surface area (Å²) in [5, 5.41) is 3.84. The van der Waals surface area contributed by atoms with E-state index in [9.17, 15) is 9.59 Å². The van der Waals surface area contributed by atoms with Crippen LogP contribution < -0.4 is 10.1 Å². The molecule has 136 valence electrons. The summed E-state index contributed by atoms with van der Waals surface area (Å²) < 4.78 is 5.82. The number of fused-ring (bicyclic) bond motifs is 3. The van der Waals surface area contributed by atoms with Crippen LogP contribution in [-0.4, -0.2) is 42.3 Å². The number of nitrogens with one attached hydrogen (secondary N) is 1. The van der Waals surface area contributed by atoms with Gasteiger partial charge in [-0.25, -0.2) is 0 Å². The van der Waals surface area contributed by atoms with E-state index in [2.05, 4.69) is 10.2 Å². The number of nitrogens with zero attached hydrogens (tertiary/aromatic N) is 1. The molecule has 1 aromatic carbocycles. The second-order valence-electron chi connectivity index (χ2n) is 7.02. The number of ketones is 1. The molecule has 1 aromatic heterocycles. The Balaban J connectivity index is 1.40. The largest absolute Gasteiger partial charge is 0.447 e. The summed E-state index contributed by atoms with van der Waals surface area (Å²) in [6.07, 6.45) is 2.35. The summed E-state index contributed by atoms with van der Waals surface area (Å²) in [5.41, 5.74) is 0.611. The maximum Gasteiger partial charge on any atom is 0.261 e. The fourth-order valence-corrected chi connectivity index (χ4v) is 4.54. The average molecular weight is 370 g/mol. The van der Waals surface area contributed by atoms with Gasteiger partial charge in [0, 0.05) is 18.2 Å². The van der Waals surface area contributed by atoms with E-state index in [1.165, 1.54) is 31.1 Å². The van der Waals surface area contributed by atoms with E-state index in [0.717, 1.165) is 19.6 Å². The van der Waals surface area contributed by atoms with Gasteiger partial charge in [-0.05, 0) is 63.0 Å². The van der Waals surface area contributed by atoms with Crippen LogP contribution in [0, 0.1) is 5.92 Å². The molecule has 0 saturated carbocycles. The minimum absolute atomic E-state index is 0.000725. The Morgan fingerprint density at radius 1 is 1.19 bits per heavy atom. The topological polar surface area (TPSA) is 58.6 Å². The SMILES string of the molecule is CC(=O)c1cccc(Oc2ccc(C(=O)NC3CN4CCC3CC4)s2)c1. The number of benzene rings is 1. The molecule has 0 spiro atoms. The molecular formula is C20H22N2O3S. The summed E-state index contributed by atoms with van der Waals surface area (Å²) >= 11 is 1.33. The highest BCUT2D eigenvalue weighted by atomic mass is 32.1. The molecule has 3 aliphatic heterocycles. The number of rotatable bonds is 5. The summed E-state index contributed by atoms with van der Waals surface area (Å²) in [5.74, 6) is 1.18. The van der Waals surface area contributed by atoms with E-state index in [4.69, 9.17) is 4.74 Å². The van der Waals surface area contributed by atoms with Crippen LogP contribution in [0.5, 0.6) is 10.8 Å². The summed E-state index contributed by atoms with van der Waals surface area (Å²) in [7, 11) is 0. The van der Waals surface area contributed by atoms with Gasteiger partial charge in [-0.3, -0.25) is 9.59 Å². The molecule has 1 amide bonds. The van der Waals surface area contributed by atoms with Gasteiger partial charge in [-0.15, -0.1) is 0 Å². The van der Waals surface area contributed by atoms with Crippen molar-refractivity contribution in [3.8, 4) is 10.8 Å².